The number of aliphatic imine (C=N–C) groups is 1. The van der Waals surface area contributed by atoms with Gasteiger partial charge in [0.05, 0.1) is 23.7 Å². The SMILES string of the molecule is Cc1cc2c(c(C(F)(F)F)c1)CC(CNC(=O)[C@@H]1CCCC[C@H]1N)=N2. The van der Waals surface area contributed by atoms with Crippen molar-refractivity contribution in [2.45, 2.75) is 51.2 Å². The first-order chi connectivity index (χ1) is 11.8. The van der Waals surface area contributed by atoms with E-state index in [1.54, 1.807) is 13.0 Å². The number of benzene rings is 1. The Labute approximate surface area is 144 Å². The Kier molecular flexibility index (Phi) is 4.86. The number of hydrogen-bond donors (Lipinski definition) is 2. The van der Waals surface area contributed by atoms with Gasteiger partial charge in [-0.15, -0.1) is 0 Å². The second-order valence-corrected chi connectivity index (χ2v) is 6.94. The minimum absolute atomic E-state index is 0.113. The molecule has 7 heteroatoms. The zero-order valence-electron chi connectivity index (χ0n) is 14.1. The average molecular weight is 353 g/mol. The third kappa shape index (κ3) is 3.86. The maximum absolute atomic E-state index is 13.2. The van der Waals surface area contributed by atoms with Gasteiger partial charge in [-0.25, -0.2) is 0 Å². The summed E-state index contributed by atoms with van der Waals surface area (Å²) in [5.74, 6) is -0.343. The molecule has 1 heterocycles. The van der Waals surface area contributed by atoms with Gasteiger partial charge in [0.1, 0.15) is 0 Å². The average Bonchev–Trinajstić information content (AvgIpc) is 2.93. The summed E-state index contributed by atoms with van der Waals surface area (Å²) in [4.78, 5) is 16.6. The monoisotopic (exact) mass is 353 g/mol. The normalized spacial score (nSPS) is 23.2. The maximum Gasteiger partial charge on any atom is 0.416 e. The molecule has 1 aliphatic carbocycles. The van der Waals surface area contributed by atoms with E-state index in [9.17, 15) is 18.0 Å². The molecule has 0 bridgehead atoms. The molecule has 1 amide bonds. The first-order valence-corrected chi connectivity index (χ1v) is 8.56. The van der Waals surface area contributed by atoms with Crippen LogP contribution in [0.4, 0.5) is 18.9 Å². The van der Waals surface area contributed by atoms with Crippen LogP contribution >= 0.6 is 0 Å². The summed E-state index contributed by atoms with van der Waals surface area (Å²) < 4.78 is 39.6. The Balaban J connectivity index is 1.68. The molecule has 2 atom stereocenters. The fraction of sp³-hybridized carbons (Fsp3) is 0.556. The molecule has 136 valence electrons. The van der Waals surface area contributed by atoms with Gasteiger partial charge in [0, 0.05) is 18.2 Å². The second kappa shape index (κ2) is 6.78. The lowest BCUT2D eigenvalue weighted by Crippen LogP contribution is -2.44. The van der Waals surface area contributed by atoms with E-state index in [1.807, 2.05) is 0 Å². The van der Waals surface area contributed by atoms with Crippen molar-refractivity contribution in [2.75, 3.05) is 6.54 Å². The van der Waals surface area contributed by atoms with Crippen molar-refractivity contribution in [2.24, 2.45) is 16.6 Å². The third-order valence-electron chi connectivity index (χ3n) is 4.96. The Morgan fingerprint density at radius 3 is 2.72 bits per heavy atom. The van der Waals surface area contributed by atoms with Crippen LogP contribution in [0, 0.1) is 12.8 Å². The topological polar surface area (TPSA) is 67.5 Å². The molecule has 3 rings (SSSR count). The summed E-state index contributed by atoms with van der Waals surface area (Å²) in [6.45, 7) is 1.78. The lowest BCUT2D eigenvalue weighted by atomic mass is 9.84. The molecule has 3 N–H and O–H groups in total. The van der Waals surface area contributed by atoms with E-state index >= 15 is 0 Å². The summed E-state index contributed by atoms with van der Waals surface area (Å²) in [5, 5.41) is 2.80. The number of aryl methyl sites for hydroxylation is 1. The number of alkyl halides is 3. The highest BCUT2D eigenvalue weighted by Crippen LogP contribution is 2.40. The Morgan fingerprint density at radius 1 is 1.32 bits per heavy atom. The van der Waals surface area contributed by atoms with Crippen molar-refractivity contribution in [3.05, 3.63) is 28.8 Å². The Morgan fingerprint density at radius 2 is 2.04 bits per heavy atom. The highest BCUT2D eigenvalue weighted by atomic mass is 19.4. The smallest absolute Gasteiger partial charge is 0.350 e. The number of nitrogens with one attached hydrogen (secondary N) is 1. The zero-order chi connectivity index (χ0) is 18.2. The molecule has 4 nitrogen and oxygen atoms in total. The van der Waals surface area contributed by atoms with Crippen molar-refractivity contribution in [3.63, 3.8) is 0 Å². The van der Waals surface area contributed by atoms with E-state index in [1.165, 1.54) is 0 Å². The number of carbonyl (C=O) groups is 1. The first-order valence-electron chi connectivity index (χ1n) is 8.56. The predicted molar refractivity (Wildman–Crippen MR) is 89.9 cm³/mol. The van der Waals surface area contributed by atoms with E-state index in [0.29, 0.717) is 17.0 Å². The molecule has 1 aliphatic heterocycles. The van der Waals surface area contributed by atoms with E-state index in [-0.39, 0.29) is 36.4 Å². The van der Waals surface area contributed by atoms with Crippen LogP contribution in [-0.2, 0) is 17.4 Å². The minimum atomic E-state index is -4.40. The van der Waals surface area contributed by atoms with Crippen LogP contribution in [0.2, 0.25) is 0 Å². The molecule has 1 fully saturated rings. The molecule has 0 saturated heterocycles. The predicted octanol–water partition coefficient (Wildman–Crippen LogP) is 3.28. The number of nitrogens with zero attached hydrogens (tertiary/aromatic N) is 1. The van der Waals surface area contributed by atoms with Crippen molar-refractivity contribution < 1.29 is 18.0 Å². The lowest BCUT2D eigenvalue weighted by Gasteiger charge is -2.27. The summed E-state index contributed by atoms with van der Waals surface area (Å²) in [6.07, 6.45) is -0.685. The third-order valence-corrected chi connectivity index (χ3v) is 4.96. The molecule has 0 unspecified atom stereocenters. The highest BCUT2D eigenvalue weighted by Gasteiger charge is 2.36. The highest BCUT2D eigenvalue weighted by molar-refractivity contribution is 5.98. The molecule has 0 aromatic heterocycles. The summed E-state index contributed by atoms with van der Waals surface area (Å²) in [5.41, 5.74) is 6.97. The summed E-state index contributed by atoms with van der Waals surface area (Å²) >= 11 is 0. The van der Waals surface area contributed by atoms with Gasteiger partial charge < -0.3 is 11.1 Å². The van der Waals surface area contributed by atoms with Gasteiger partial charge >= 0.3 is 6.18 Å². The van der Waals surface area contributed by atoms with Gasteiger partial charge in [0.2, 0.25) is 5.91 Å². The van der Waals surface area contributed by atoms with E-state index in [2.05, 4.69) is 10.3 Å². The van der Waals surface area contributed by atoms with Crippen LogP contribution in [0.1, 0.15) is 42.4 Å². The van der Waals surface area contributed by atoms with Gasteiger partial charge in [0.15, 0.2) is 0 Å². The van der Waals surface area contributed by atoms with Crippen molar-refractivity contribution in [1.82, 2.24) is 5.32 Å². The van der Waals surface area contributed by atoms with Crippen LogP contribution in [0.25, 0.3) is 0 Å². The van der Waals surface area contributed by atoms with Gasteiger partial charge in [-0.05, 0) is 43.0 Å². The van der Waals surface area contributed by atoms with Crippen molar-refractivity contribution >= 4 is 17.3 Å². The number of carbonyl (C=O) groups excluding carboxylic acids is 1. The summed E-state index contributed by atoms with van der Waals surface area (Å²) in [7, 11) is 0. The van der Waals surface area contributed by atoms with E-state index in [0.717, 1.165) is 31.7 Å². The molecule has 0 spiro atoms. The standard InChI is InChI=1S/C18H22F3N3O/c1-10-6-14(18(19,20)21)13-8-11(24-16(13)7-10)9-23-17(25)12-4-2-3-5-15(12)22/h6-7,12,15H,2-5,8-9,22H2,1H3,(H,23,25)/t12-,15-/m1/s1. The first kappa shape index (κ1) is 17.9. The quantitative estimate of drug-likeness (QED) is 0.876. The van der Waals surface area contributed by atoms with Crippen LogP contribution in [0.5, 0.6) is 0 Å². The fourth-order valence-electron chi connectivity index (χ4n) is 3.66. The number of rotatable bonds is 3. The van der Waals surface area contributed by atoms with Gasteiger partial charge in [0.25, 0.3) is 0 Å². The molecule has 25 heavy (non-hydrogen) atoms. The number of nitrogens with two attached hydrogens (primary N) is 1. The van der Waals surface area contributed by atoms with Crippen molar-refractivity contribution in [3.8, 4) is 0 Å². The second-order valence-electron chi connectivity index (χ2n) is 6.94. The van der Waals surface area contributed by atoms with Crippen LogP contribution in [0.3, 0.4) is 0 Å². The van der Waals surface area contributed by atoms with Gasteiger partial charge in [-0.2, -0.15) is 13.2 Å². The number of amides is 1. The van der Waals surface area contributed by atoms with Gasteiger partial charge in [-0.1, -0.05) is 12.8 Å². The van der Waals surface area contributed by atoms with Crippen LogP contribution in [0.15, 0.2) is 17.1 Å². The molecule has 1 aromatic carbocycles. The fourth-order valence-corrected chi connectivity index (χ4v) is 3.66. The van der Waals surface area contributed by atoms with Crippen molar-refractivity contribution in [1.29, 1.82) is 0 Å². The lowest BCUT2D eigenvalue weighted by molar-refractivity contribution is -0.138. The van der Waals surface area contributed by atoms with E-state index < -0.39 is 11.7 Å². The maximum atomic E-state index is 13.2. The minimum Gasteiger partial charge on any atom is -0.350 e. The Bertz CT molecular complexity index is 712. The molecule has 1 aromatic rings. The zero-order valence-corrected chi connectivity index (χ0v) is 14.1. The number of hydrogen-bond acceptors (Lipinski definition) is 3. The molecule has 2 aliphatic rings. The number of halogens is 3. The largest absolute Gasteiger partial charge is 0.416 e. The number of fused-ring (bicyclic) bond motifs is 1. The van der Waals surface area contributed by atoms with Crippen LogP contribution in [-0.4, -0.2) is 24.2 Å². The molecular formula is C18H22F3N3O. The molecular weight excluding hydrogens is 331 g/mol. The Hall–Kier alpha value is -1.89. The summed E-state index contributed by atoms with van der Waals surface area (Å²) in [6, 6.07) is 2.66. The molecule has 0 radical (unpaired) electrons. The van der Waals surface area contributed by atoms with Gasteiger partial charge in [-0.3, -0.25) is 9.79 Å². The van der Waals surface area contributed by atoms with Crippen LogP contribution < -0.4 is 11.1 Å². The molecule has 1 saturated carbocycles. The van der Waals surface area contributed by atoms with E-state index in [4.69, 9.17) is 5.73 Å².